The van der Waals surface area contributed by atoms with E-state index >= 15 is 0 Å². The maximum atomic E-state index is 12.5. The summed E-state index contributed by atoms with van der Waals surface area (Å²) in [6.07, 6.45) is 5.47. The maximum Gasteiger partial charge on any atom is 0.275 e. The van der Waals surface area contributed by atoms with Crippen LogP contribution in [0.1, 0.15) is 34.1 Å². The number of rotatable bonds is 8. The predicted molar refractivity (Wildman–Crippen MR) is 108 cm³/mol. The van der Waals surface area contributed by atoms with Crippen molar-refractivity contribution < 1.29 is 9.90 Å². The first-order valence-electron chi connectivity index (χ1n) is 9.23. The van der Waals surface area contributed by atoms with Crippen LogP contribution in [0.3, 0.4) is 0 Å². The average Bonchev–Trinajstić information content (AvgIpc) is 3.21. The number of hydrogen-bond acceptors (Lipinski definition) is 4. The number of allylic oxidation sites excluding steroid dienone is 1. The van der Waals surface area contributed by atoms with Crippen LogP contribution in [0.5, 0.6) is 0 Å². The Morgan fingerprint density at radius 3 is 2.54 bits per heavy atom. The van der Waals surface area contributed by atoms with E-state index in [-0.39, 0.29) is 5.91 Å². The molecule has 0 spiro atoms. The van der Waals surface area contributed by atoms with Gasteiger partial charge in [-0.05, 0) is 17.5 Å². The van der Waals surface area contributed by atoms with E-state index in [0.717, 1.165) is 11.1 Å². The van der Waals surface area contributed by atoms with E-state index in [9.17, 15) is 9.90 Å². The Labute approximate surface area is 164 Å². The van der Waals surface area contributed by atoms with Crippen molar-refractivity contribution in [2.24, 2.45) is 0 Å². The number of hydrogen-bond donors (Lipinski definition) is 1. The number of benzene rings is 2. The van der Waals surface area contributed by atoms with Crippen LogP contribution in [-0.2, 0) is 6.54 Å². The molecule has 144 valence electrons. The summed E-state index contributed by atoms with van der Waals surface area (Å²) in [6, 6.07) is 19.4. The average molecular weight is 376 g/mol. The zero-order valence-corrected chi connectivity index (χ0v) is 15.8. The van der Waals surface area contributed by atoms with Crippen LogP contribution in [0.25, 0.3) is 6.08 Å². The van der Waals surface area contributed by atoms with Gasteiger partial charge in [-0.3, -0.25) is 4.79 Å². The minimum absolute atomic E-state index is 0.210. The van der Waals surface area contributed by atoms with Crippen LogP contribution in [0.15, 0.2) is 72.9 Å². The summed E-state index contributed by atoms with van der Waals surface area (Å²) < 4.78 is 1.62. The van der Waals surface area contributed by atoms with Crippen molar-refractivity contribution in [2.45, 2.75) is 19.1 Å². The lowest BCUT2D eigenvalue weighted by atomic mass is 10.1. The van der Waals surface area contributed by atoms with Gasteiger partial charge in [-0.2, -0.15) is 0 Å². The van der Waals surface area contributed by atoms with Gasteiger partial charge in [0.25, 0.3) is 5.91 Å². The van der Waals surface area contributed by atoms with Gasteiger partial charge in [0, 0.05) is 13.6 Å². The monoisotopic (exact) mass is 376 g/mol. The van der Waals surface area contributed by atoms with E-state index in [2.05, 4.69) is 10.3 Å². The van der Waals surface area contributed by atoms with Gasteiger partial charge in [0.1, 0.15) is 0 Å². The molecule has 0 bridgehead atoms. The van der Waals surface area contributed by atoms with Crippen molar-refractivity contribution in [2.75, 3.05) is 13.6 Å². The third-order valence-corrected chi connectivity index (χ3v) is 4.43. The molecule has 6 heteroatoms. The van der Waals surface area contributed by atoms with Crippen LogP contribution in [0.4, 0.5) is 0 Å². The molecular formula is C22H24N4O2. The molecule has 0 unspecified atom stereocenters. The van der Waals surface area contributed by atoms with E-state index < -0.39 is 6.10 Å². The second-order valence-electron chi connectivity index (χ2n) is 6.58. The Balaban J connectivity index is 1.51. The van der Waals surface area contributed by atoms with Crippen LogP contribution in [-0.4, -0.2) is 44.5 Å². The lowest BCUT2D eigenvalue weighted by molar-refractivity contribution is 0.0755. The Morgan fingerprint density at radius 2 is 1.82 bits per heavy atom. The minimum Gasteiger partial charge on any atom is -0.388 e. The van der Waals surface area contributed by atoms with Crippen molar-refractivity contribution in [3.63, 3.8) is 0 Å². The summed E-state index contributed by atoms with van der Waals surface area (Å²) in [5.74, 6) is -0.210. The molecule has 3 rings (SSSR count). The molecule has 1 N–H and O–H groups in total. The third-order valence-electron chi connectivity index (χ3n) is 4.43. The summed E-state index contributed by atoms with van der Waals surface area (Å²) >= 11 is 0. The second kappa shape index (κ2) is 9.62. The van der Waals surface area contributed by atoms with Crippen molar-refractivity contribution in [3.8, 4) is 0 Å². The van der Waals surface area contributed by atoms with E-state index in [1.807, 2.05) is 72.8 Å². The lowest BCUT2D eigenvalue weighted by Crippen LogP contribution is -2.29. The molecule has 0 fully saturated rings. The van der Waals surface area contributed by atoms with E-state index in [4.69, 9.17) is 0 Å². The highest BCUT2D eigenvalue weighted by atomic mass is 16.3. The number of aliphatic hydroxyl groups is 1. The standard InChI is InChI=1S/C22H24N4O2/c1-25(16-14-21(27)19-12-6-3-7-13-19)22(28)20-17-26(24-23-20)15-8-11-18-9-4-2-5-10-18/h2-13,17,21,27H,14-16H2,1H3/b11-8+/t21-/m0/s1. The summed E-state index contributed by atoms with van der Waals surface area (Å²) in [7, 11) is 1.70. The maximum absolute atomic E-state index is 12.5. The molecule has 1 atom stereocenters. The summed E-state index contributed by atoms with van der Waals surface area (Å²) in [4.78, 5) is 14.1. The van der Waals surface area contributed by atoms with Crippen molar-refractivity contribution in [3.05, 3.63) is 89.8 Å². The summed E-state index contributed by atoms with van der Waals surface area (Å²) in [6.45, 7) is 0.960. The van der Waals surface area contributed by atoms with Crippen molar-refractivity contribution in [1.29, 1.82) is 0 Å². The first-order valence-corrected chi connectivity index (χ1v) is 9.23. The molecular weight excluding hydrogens is 352 g/mol. The van der Waals surface area contributed by atoms with Crippen molar-refractivity contribution >= 4 is 12.0 Å². The highest BCUT2D eigenvalue weighted by Crippen LogP contribution is 2.16. The molecule has 0 aliphatic carbocycles. The lowest BCUT2D eigenvalue weighted by Gasteiger charge is -2.18. The summed E-state index contributed by atoms with van der Waals surface area (Å²) in [5.41, 5.74) is 2.25. The largest absolute Gasteiger partial charge is 0.388 e. The van der Waals surface area contributed by atoms with Crippen LogP contribution in [0, 0.1) is 0 Å². The van der Waals surface area contributed by atoms with Gasteiger partial charge in [-0.15, -0.1) is 5.10 Å². The molecule has 1 aromatic heterocycles. The first kappa shape index (κ1) is 19.5. The fraction of sp³-hybridized carbons (Fsp3) is 0.227. The molecule has 1 heterocycles. The SMILES string of the molecule is CN(CC[C@H](O)c1ccccc1)C(=O)c1cn(C/C=C/c2ccccc2)nn1. The zero-order chi connectivity index (χ0) is 19.8. The van der Waals surface area contributed by atoms with Crippen LogP contribution in [0.2, 0.25) is 0 Å². The van der Waals surface area contributed by atoms with Gasteiger partial charge >= 0.3 is 0 Å². The smallest absolute Gasteiger partial charge is 0.275 e. The Kier molecular flexibility index (Phi) is 6.70. The minimum atomic E-state index is -0.602. The highest BCUT2D eigenvalue weighted by molar-refractivity contribution is 5.91. The number of aliphatic hydroxyl groups excluding tert-OH is 1. The molecule has 1 amide bonds. The summed E-state index contributed by atoms with van der Waals surface area (Å²) in [5, 5.41) is 18.2. The Hall–Kier alpha value is -3.25. The molecule has 0 saturated carbocycles. The van der Waals surface area contributed by atoms with Crippen molar-refractivity contribution in [1.82, 2.24) is 19.9 Å². The highest BCUT2D eigenvalue weighted by Gasteiger charge is 2.17. The fourth-order valence-corrected chi connectivity index (χ4v) is 2.80. The molecule has 2 aromatic carbocycles. The molecule has 28 heavy (non-hydrogen) atoms. The van der Waals surface area contributed by atoms with E-state index in [1.54, 1.807) is 22.8 Å². The van der Waals surface area contributed by atoms with Gasteiger partial charge in [0.05, 0.1) is 18.8 Å². The zero-order valence-electron chi connectivity index (χ0n) is 15.8. The predicted octanol–water partition coefficient (Wildman–Crippen LogP) is 3.19. The molecule has 0 aliphatic rings. The Bertz CT molecular complexity index is 907. The number of amides is 1. The topological polar surface area (TPSA) is 71.2 Å². The normalized spacial score (nSPS) is 12.2. The van der Waals surface area contributed by atoms with Gasteiger partial charge < -0.3 is 10.0 Å². The first-order chi connectivity index (χ1) is 13.6. The number of carbonyl (C=O) groups is 1. The Morgan fingerprint density at radius 1 is 1.14 bits per heavy atom. The fourth-order valence-electron chi connectivity index (χ4n) is 2.80. The molecule has 6 nitrogen and oxygen atoms in total. The number of nitrogens with zero attached hydrogens (tertiary/aromatic N) is 4. The quantitative estimate of drug-likeness (QED) is 0.655. The molecule has 3 aromatic rings. The van der Waals surface area contributed by atoms with Gasteiger partial charge in [-0.25, -0.2) is 4.68 Å². The van der Waals surface area contributed by atoms with E-state index in [1.165, 1.54) is 0 Å². The molecule has 0 aliphatic heterocycles. The van der Waals surface area contributed by atoms with Crippen LogP contribution >= 0.6 is 0 Å². The number of carbonyl (C=O) groups excluding carboxylic acids is 1. The van der Waals surface area contributed by atoms with Gasteiger partial charge in [0.2, 0.25) is 0 Å². The number of aromatic nitrogens is 3. The molecule has 0 radical (unpaired) electrons. The van der Waals surface area contributed by atoms with E-state index in [0.29, 0.717) is 25.2 Å². The second-order valence-corrected chi connectivity index (χ2v) is 6.58. The molecule has 0 saturated heterocycles. The third kappa shape index (κ3) is 5.37. The van der Waals surface area contributed by atoms with Gasteiger partial charge in [0.15, 0.2) is 5.69 Å². The van der Waals surface area contributed by atoms with Crippen LogP contribution < -0.4 is 0 Å². The van der Waals surface area contributed by atoms with Gasteiger partial charge in [-0.1, -0.05) is 78.0 Å².